The number of rotatable bonds is 4. The Kier molecular flexibility index (Phi) is 8.22. The van der Waals surface area contributed by atoms with Gasteiger partial charge in [0, 0.05) is 52.2 Å². The minimum atomic E-state index is -0.272. The number of amides is 2. The number of nitrogens with zero attached hydrogens (tertiary/aromatic N) is 1. The molecule has 1 aliphatic rings. The molecule has 0 radical (unpaired) electrons. The molecule has 0 saturated heterocycles. The highest BCUT2D eigenvalue weighted by molar-refractivity contribution is 5.98. The number of benzene rings is 1. The minimum absolute atomic E-state index is 0.0445. The van der Waals surface area contributed by atoms with E-state index in [0.29, 0.717) is 30.2 Å². The van der Waals surface area contributed by atoms with Crippen LogP contribution in [0.3, 0.4) is 0 Å². The van der Waals surface area contributed by atoms with Crippen molar-refractivity contribution in [3.05, 3.63) is 23.8 Å². The lowest BCUT2D eigenvalue weighted by Crippen LogP contribution is -2.44. The zero-order valence-corrected chi connectivity index (χ0v) is 17.3. The van der Waals surface area contributed by atoms with Gasteiger partial charge >= 0.3 is 0 Å². The highest BCUT2D eigenvalue weighted by atomic mass is 16.5. The van der Waals surface area contributed by atoms with E-state index in [2.05, 4.69) is 17.6 Å². The molecule has 0 unspecified atom stereocenters. The Morgan fingerprint density at radius 3 is 2.79 bits per heavy atom. The number of hydrogen-bond acceptors (Lipinski definition) is 6. The van der Waals surface area contributed by atoms with Crippen LogP contribution in [0.5, 0.6) is 5.75 Å². The van der Waals surface area contributed by atoms with Gasteiger partial charge in [0.25, 0.3) is 5.91 Å². The molecule has 1 aromatic rings. The third-order valence-electron chi connectivity index (χ3n) is 4.79. The molecule has 1 heterocycles. The Morgan fingerprint density at radius 2 is 2.11 bits per heavy atom. The first-order valence-electron chi connectivity index (χ1n) is 9.43. The normalized spacial score (nSPS) is 23.8. The van der Waals surface area contributed by atoms with Gasteiger partial charge in [-0.25, -0.2) is 0 Å². The van der Waals surface area contributed by atoms with Crippen LogP contribution in [0.4, 0.5) is 5.69 Å². The largest absolute Gasteiger partial charge is 0.491 e. The summed E-state index contributed by atoms with van der Waals surface area (Å²) in [4.78, 5) is 26.4. The Labute approximate surface area is 166 Å². The Hall–Kier alpha value is -2.16. The van der Waals surface area contributed by atoms with Gasteiger partial charge in [-0.3, -0.25) is 9.59 Å². The average Bonchev–Trinajstić information content (AvgIpc) is 2.67. The summed E-state index contributed by atoms with van der Waals surface area (Å²) in [6, 6.07) is 5.12. The van der Waals surface area contributed by atoms with Crippen molar-refractivity contribution in [2.45, 2.75) is 26.0 Å². The van der Waals surface area contributed by atoms with E-state index < -0.39 is 0 Å². The smallest absolute Gasteiger partial charge is 0.257 e. The molecule has 1 aromatic carbocycles. The summed E-state index contributed by atoms with van der Waals surface area (Å²) in [7, 11) is 4.88. The van der Waals surface area contributed by atoms with Gasteiger partial charge in [-0.2, -0.15) is 0 Å². The molecule has 2 rings (SSSR count). The van der Waals surface area contributed by atoms with Gasteiger partial charge in [0.2, 0.25) is 5.91 Å². The molecular weight excluding hydrogens is 362 g/mol. The van der Waals surface area contributed by atoms with E-state index in [9.17, 15) is 9.59 Å². The molecule has 0 aliphatic carbocycles. The fourth-order valence-electron chi connectivity index (χ4n) is 3.06. The molecule has 0 fully saturated rings. The van der Waals surface area contributed by atoms with E-state index in [1.165, 1.54) is 7.11 Å². The van der Waals surface area contributed by atoms with Crippen LogP contribution < -0.4 is 15.4 Å². The van der Waals surface area contributed by atoms with Gasteiger partial charge in [-0.05, 0) is 25.0 Å². The first kappa shape index (κ1) is 22.1. The number of carbonyl (C=O) groups excluding carboxylic acids is 2. The lowest BCUT2D eigenvalue weighted by molar-refractivity contribution is -0.119. The Balaban J connectivity index is 2.31. The highest BCUT2D eigenvalue weighted by Crippen LogP contribution is 2.26. The molecule has 156 valence electrons. The predicted molar refractivity (Wildman–Crippen MR) is 107 cm³/mol. The summed E-state index contributed by atoms with van der Waals surface area (Å²) in [5, 5.41) is 6.17. The quantitative estimate of drug-likeness (QED) is 0.803. The van der Waals surface area contributed by atoms with Crippen molar-refractivity contribution in [2.24, 2.45) is 5.92 Å². The van der Waals surface area contributed by atoms with Gasteiger partial charge in [0.05, 0.1) is 11.7 Å². The molecule has 1 aliphatic heterocycles. The minimum Gasteiger partial charge on any atom is -0.491 e. The van der Waals surface area contributed by atoms with E-state index in [0.717, 1.165) is 6.54 Å². The number of nitrogens with one attached hydrogen (secondary N) is 2. The number of methoxy groups -OCH3 is 2. The SMILES string of the molecule is COCC(=O)Nc1ccc2c(c1)OC[C@H](C)NC[C@H](C)[C@@H](OC)CN(C)C2=O. The summed E-state index contributed by atoms with van der Waals surface area (Å²) in [5.41, 5.74) is 0.995. The van der Waals surface area contributed by atoms with Crippen LogP contribution in [0.1, 0.15) is 24.2 Å². The van der Waals surface area contributed by atoms with Crippen LogP contribution in [0.2, 0.25) is 0 Å². The summed E-state index contributed by atoms with van der Waals surface area (Å²) >= 11 is 0. The van der Waals surface area contributed by atoms with Crippen molar-refractivity contribution in [3.63, 3.8) is 0 Å². The monoisotopic (exact) mass is 393 g/mol. The molecule has 2 N–H and O–H groups in total. The van der Waals surface area contributed by atoms with E-state index >= 15 is 0 Å². The van der Waals surface area contributed by atoms with E-state index in [-0.39, 0.29) is 36.5 Å². The third-order valence-corrected chi connectivity index (χ3v) is 4.79. The van der Waals surface area contributed by atoms with Crippen LogP contribution in [0.15, 0.2) is 18.2 Å². The first-order chi connectivity index (χ1) is 13.3. The third kappa shape index (κ3) is 5.92. The van der Waals surface area contributed by atoms with Crippen LogP contribution in [0, 0.1) is 5.92 Å². The summed E-state index contributed by atoms with van der Waals surface area (Å²) in [6.07, 6.45) is -0.0787. The van der Waals surface area contributed by atoms with Crippen LogP contribution in [0.25, 0.3) is 0 Å². The predicted octanol–water partition coefficient (Wildman–Crippen LogP) is 1.37. The van der Waals surface area contributed by atoms with Crippen molar-refractivity contribution in [1.29, 1.82) is 0 Å². The van der Waals surface area contributed by atoms with Crippen LogP contribution in [-0.2, 0) is 14.3 Å². The van der Waals surface area contributed by atoms with E-state index in [4.69, 9.17) is 14.2 Å². The molecule has 28 heavy (non-hydrogen) atoms. The maximum atomic E-state index is 13.0. The lowest BCUT2D eigenvalue weighted by atomic mass is 10.0. The molecule has 0 aromatic heterocycles. The van der Waals surface area contributed by atoms with Crippen molar-refractivity contribution < 1.29 is 23.8 Å². The number of fused-ring (bicyclic) bond motifs is 1. The van der Waals surface area contributed by atoms with Gasteiger partial charge in [0.15, 0.2) is 0 Å². The number of ether oxygens (including phenoxy) is 3. The molecule has 0 bridgehead atoms. The molecule has 8 nitrogen and oxygen atoms in total. The van der Waals surface area contributed by atoms with E-state index in [1.54, 1.807) is 37.3 Å². The van der Waals surface area contributed by atoms with E-state index in [1.807, 2.05) is 6.92 Å². The Bertz CT molecular complexity index is 682. The van der Waals surface area contributed by atoms with Gasteiger partial charge in [0.1, 0.15) is 19.0 Å². The summed E-state index contributed by atoms with van der Waals surface area (Å²) in [5.74, 6) is 0.245. The molecule has 2 amide bonds. The summed E-state index contributed by atoms with van der Waals surface area (Å²) in [6.45, 7) is 5.70. The lowest BCUT2D eigenvalue weighted by Gasteiger charge is -2.30. The number of anilines is 1. The average molecular weight is 393 g/mol. The number of likely N-dealkylation sites (N-methyl/N-ethyl adjacent to an activating group) is 1. The summed E-state index contributed by atoms with van der Waals surface area (Å²) < 4.78 is 16.4. The van der Waals surface area contributed by atoms with Crippen LogP contribution >= 0.6 is 0 Å². The zero-order chi connectivity index (χ0) is 20.7. The second-order valence-electron chi connectivity index (χ2n) is 7.25. The molecule has 0 spiro atoms. The fourth-order valence-corrected chi connectivity index (χ4v) is 3.06. The Morgan fingerprint density at radius 1 is 1.36 bits per heavy atom. The van der Waals surface area contributed by atoms with Crippen molar-refractivity contribution in [2.75, 3.05) is 52.9 Å². The molecular formula is C20H31N3O5. The van der Waals surface area contributed by atoms with Gasteiger partial charge < -0.3 is 29.7 Å². The van der Waals surface area contributed by atoms with Gasteiger partial charge in [-0.1, -0.05) is 6.92 Å². The molecule has 3 atom stereocenters. The van der Waals surface area contributed by atoms with Crippen LogP contribution in [-0.4, -0.2) is 76.4 Å². The van der Waals surface area contributed by atoms with Gasteiger partial charge in [-0.15, -0.1) is 0 Å². The first-order valence-corrected chi connectivity index (χ1v) is 9.43. The maximum Gasteiger partial charge on any atom is 0.257 e. The topological polar surface area (TPSA) is 89.1 Å². The second-order valence-corrected chi connectivity index (χ2v) is 7.25. The standard InChI is InChI=1S/C20H31N3O5/c1-13-9-21-14(2)11-28-17-8-15(22-19(24)12-26-4)6-7-16(17)20(25)23(3)10-18(13)27-5/h6-8,13-14,18,21H,9-12H2,1-5H3,(H,22,24)/t13-,14-,18-/m0/s1. The van der Waals surface area contributed by atoms with Crippen molar-refractivity contribution in [3.8, 4) is 5.75 Å². The molecule has 8 heteroatoms. The zero-order valence-electron chi connectivity index (χ0n) is 17.3. The number of carbonyl (C=O) groups is 2. The van der Waals surface area contributed by atoms with Crippen molar-refractivity contribution in [1.82, 2.24) is 10.2 Å². The highest BCUT2D eigenvalue weighted by Gasteiger charge is 2.25. The second kappa shape index (κ2) is 10.4. The fraction of sp³-hybridized carbons (Fsp3) is 0.600. The number of hydrogen-bond donors (Lipinski definition) is 2. The van der Waals surface area contributed by atoms with Crippen molar-refractivity contribution >= 4 is 17.5 Å². The maximum absolute atomic E-state index is 13.0. The molecule has 0 saturated carbocycles.